The minimum atomic E-state index is 1.22. The number of hydrogen-bond acceptors (Lipinski definition) is 0. The van der Waals surface area contributed by atoms with Crippen molar-refractivity contribution in [1.29, 1.82) is 0 Å². The second-order valence-corrected chi connectivity index (χ2v) is 11.5. The second-order valence-electron chi connectivity index (χ2n) is 11.5. The predicted molar refractivity (Wildman–Crippen MR) is 177 cm³/mol. The minimum Gasteiger partial charge on any atom is -0.0622 e. The van der Waals surface area contributed by atoms with Gasteiger partial charge in [-0.05, 0) is 132 Å². The van der Waals surface area contributed by atoms with Crippen molar-refractivity contribution in [3.05, 3.63) is 155 Å². The number of benzene rings is 6. The van der Waals surface area contributed by atoms with E-state index in [0.29, 0.717) is 0 Å². The molecule has 0 heterocycles. The summed E-state index contributed by atoms with van der Waals surface area (Å²) in [7, 11) is 0. The quantitative estimate of drug-likeness (QED) is 0.209. The first-order chi connectivity index (χ1) is 19.8. The Morgan fingerprint density at radius 1 is 0.293 bits per heavy atom. The Balaban J connectivity index is 1.50. The topological polar surface area (TPSA) is 0 Å². The summed E-state index contributed by atoms with van der Waals surface area (Å²) in [5, 5.41) is 0. The van der Waals surface area contributed by atoms with E-state index in [1.807, 2.05) is 0 Å². The van der Waals surface area contributed by atoms with Crippen LogP contribution in [0.25, 0.3) is 55.6 Å². The van der Waals surface area contributed by atoms with Gasteiger partial charge in [0.05, 0.1) is 0 Å². The Labute approximate surface area is 245 Å². The molecule has 0 radical (unpaired) electrons. The Hall–Kier alpha value is -4.68. The molecular formula is C41H36. The van der Waals surface area contributed by atoms with Gasteiger partial charge in [0.1, 0.15) is 0 Å². The first-order valence-electron chi connectivity index (χ1n) is 14.4. The molecule has 41 heavy (non-hydrogen) atoms. The fourth-order valence-electron chi connectivity index (χ4n) is 5.98. The minimum absolute atomic E-state index is 1.22. The molecule has 0 spiro atoms. The van der Waals surface area contributed by atoms with E-state index in [2.05, 4.69) is 162 Å². The van der Waals surface area contributed by atoms with Crippen LogP contribution < -0.4 is 0 Å². The first kappa shape index (κ1) is 26.5. The third-order valence-electron chi connectivity index (χ3n) is 8.11. The van der Waals surface area contributed by atoms with Crippen LogP contribution in [-0.4, -0.2) is 0 Å². The normalized spacial score (nSPS) is 11.0. The highest BCUT2D eigenvalue weighted by atomic mass is 14.2. The van der Waals surface area contributed by atoms with Crippen LogP contribution in [0.5, 0.6) is 0 Å². The van der Waals surface area contributed by atoms with Crippen LogP contribution >= 0.6 is 0 Å². The predicted octanol–water partition coefficient (Wildman–Crippen LogP) is 11.6. The van der Waals surface area contributed by atoms with Crippen LogP contribution in [0.3, 0.4) is 0 Å². The highest BCUT2D eigenvalue weighted by molar-refractivity contribution is 5.84. The largest absolute Gasteiger partial charge is 0.0622 e. The van der Waals surface area contributed by atoms with E-state index in [1.165, 1.54) is 83.5 Å². The average Bonchev–Trinajstić information content (AvgIpc) is 2.99. The summed E-state index contributed by atoms with van der Waals surface area (Å²) in [6.07, 6.45) is 0. The fraction of sp³-hybridized carbons (Fsp3) is 0.122. The Morgan fingerprint density at radius 3 is 1.29 bits per heavy atom. The van der Waals surface area contributed by atoms with E-state index < -0.39 is 0 Å². The summed E-state index contributed by atoms with van der Waals surface area (Å²) in [4.78, 5) is 0. The molecule has 0 saturated carbocycles. The van der Waals surface area contributed by atoms with Crippen LogP contribution in [0.15, 0.2) is 127 Å². The molecule has 0 amide bonds. The molecule has 6 aromatic rings. The van der Waals surface area contributed by atoms with Gasteiger partial charge in [-0.1, -0.05) is 114 Å². The summed E-state index contributed by atoms with van der Waals surface area (Å²) in [6, 6.07) is 47.1. The Bertz CT molecular complexity index is 1850. The molecule has 0 heteroatoms. The molecular weight excluding hydrogens is 492 g/mol. The van der Waals surface area contributed by atoms with Crippen molar-refractivity contribution in [2.24, 2.45) is 0 Å². The maximum absolute atomic E-state index is 2.35. The summed E-state index contributed by atoms with van der Waals surface area (Å²) >= 11 is 0. The van der Waals surface area contributed by atoms with Crippen LogP contribution in [0, 0.1) is 34.6 Å². The molecule has 6 aromatic carbocycles. The molecule has 0 fully saturated rings. The highest BCUT2D eigenvalue weighted by Gasteiger charge is 2.11. The van der Waals surface area contributed by atoms with Gasteiger partial charge in [-0.2, -0.15) is 0 Å². The smallest absolute Gasteiger partial charge is 0.0149 e. The van der Waals surface area contributed by atoms with Gasteiger partial charge in [-0.15, -0.1) is 0 Å². The van der Waals surface area contributed by atoms with E-state index in [0.717, 1.165) is 0 Å². The van der Waals surface area contributed by atoms with Gasteiger partial charge in [0.2, 0.25) is 0 Å². The van der Waals surface area contributed by atoms with Crippen molar-refractivity contribution in [2.45, 2.75) is 34.6 Å². The van der Waals surface area contributed by atoms with Crippen LogP contribution in [0.1, 0.15) is 27.8 Å². The van der Waals surface area contributed by atoms with Crippen LogP contribution in [0.2, 0.25) is 0 Å². The van der Waals surface area contributed by atoms with Gasteiger partial charge in [-0.25, -0.2) is 0 Å². The van der Waals surface area contributed by atoms with Gasteiger partial charge in [0.25, 0.3) is 0 Å². The van der Waals surface area contributed by atoms with Crippen LogP contribution in [0.4, 0.5) is 0 Å². The standard InChI is InChI=1S/C41H36/c1-27-17-28(2)20-37(19-27)33-13-9-14-34(22-33)39-24-38(32-11-7-6-8-12-32)25-40(26-39)35-15-10-16-36(23-35)41-21-29(3)18-30(4)31(41)5/h6-26H,1-5H3. The molecule has 0 unspecified atom stereocenters. The molecule has 0 nitrogen and oxygen atoms in total. The summed E-state index contributed by atoms with van der Waals surface area (Å²) in [6.45, 7) is 11.0. The molecule has 0 aliphatic carbocycles. The van der Waals surface area contributed by atoms with E-state index in [9.17, 15) is 0 Å². The lowest BCUT2D eigenvalue weighted by molar-refractivity contribution is 1.30. The number of aryl methyl sites for hydroxylation is 4. The van der Waals surface area contributed by atoms with E-state index in [-0.39, 0.29) is 0 Å². The lowest BCUT2D eigenvalue weighted by Gasteiger charge is -2.15. The van der Waals surface area contributed by atoms with Gasteiger partial charge >= 0.3 is 0 Å². The van der Waals surface area contributed by atoms with Crippen molar-refractivity contribution in [2.75, 3.05) is 0 Å². The van der Waals surface area contributed by atoms with Crippen LogP contribution in [-0.2, 0) is 0 Å². The SMILES string of the molecule is Cc1cc(C)cc(-c2cccc(-c3cc(-c4ccccc4)cc(-c4cccc(-c5cc(C)cc(C)c5C)c4)c3)c2)c1. The van der Waals surface area contributed by atoms with Gasteiger partial charge in [-0.3, -0.25) is 0 Å². The number of hydrogen-bond donors (Lipinski definition) is 0. The lowest BCUT2D eigenvalue weighted by Crippen LogP contribution is -1.91. The van der Waals surface area contributed by atoms with Crippen molar-refractivity contribution in [3.63, 3.8) is 0 Å². The summed E-state index contributed by atoms with van der Waals surface area (Å²) in [5.74, 6) is 0. The zero-order chi connectivity index (χ0) is 28.5. The second kappa shape index (κ2) is 11.1. The first-order valence-corrected chi connectivity index (χ1v) is 14.4. The maximum atomic E-state index is 2.35. The molecule has 0 bridgehead atoms. The molecule has 200 valence electrons. The number of rotatable bonds is 5. The molecule has 0 aliphatic rings. The maximum Gasteiger partial charge on any atom is -0.0149 e. The molecule has 0 N–H and O–H groups in total. The van der Waals surface area contributed by atoms with E-state index in [1.54, 1.807) is 0 Å². The molecule has 0 aliphatic heterocycles. The third kappa shape index (κ3) is 5.65. The highest BCUT2D eigenvalue weighted by Crippen LogP contribution is 2.36. The summed E-state index contributed by atoms with van der Waals surface area (Å²) < 4.78 is 0. The zero-order valence-corrected chi connectivity index (χ0v) is 24.6. The Kier molecular flexibility index (Phi) is 7.16. The van der Waals surface area contributed by atoms with Gasteiger partial charge < -0.3 is 0 Å². The van der Waals surface area contributed by atoms with Gasteiger partial charge in [0, 0.05) is 0 Å². The molecule has 6 rings (SSSR count). The fourth-order valence-corrected chi connectivity index (χ4v) is 5.98. The monoisotopic (exact) mass is 528 g/mol. The molecule has 0 aromatic heterocycles. The van der Waals surface area contributed by atoms with Crippen molar-refractivity contribution in [3.8, 4) is 55.6 Å². The van der Waals surface area contributed by atoms with E-state index in [4.69, 9.17) is 0 Å². The van der Waals surface area contributed by atoms with Crippen molar-refractivity contribution >= 4 is 0 Å². The molecule has 0 atom stereocenters. The Morgan fingerprint density at radius 2 is 0.707 bits per heavy atom. The molecule has 0 saturated heterocycles. The third-order valence-corrected chi connectivity index (χ3v) is 8.11. The van der Waals surface area contributed by atoms with Crippen molar-refractivity contribution in [1.82, 2.24) is 0 Å². The van der Waals surface area contributed by atoms with Crippen molar-refractivity contribution < 1.29 is 0 Å². The average molecular weight is 529 g/mol. The van der Waals surface area contributed by atoms with Gasteiger partial charge in [0.15, 0.2) is 0 Å². The summed E-state index contributed by atoms with van der Waals surface area (Å²) in [5.41, 5.74) is 19.0. The lowest BCUT2D eigenvalue weighted by atomic mass is 9.90. The zero-order valence-electron chi connectivity index (χ0n) is 24.6. The van der Waals surface area contributed by atoms with E-state index >= 15 is 0 Å².